The van der Waals surface area contributed by atoms with Crippen molar-refractivity contribution in [1.29, 1.82) is 0 Å². The average molecular weight is 362 g/mol. The molecule has 0 fully saturated rings. The maximum atomic E-state index is 11.5. The molecule has 4 rings (SSSR count). The zero-order valence-corrected chi connectivity index (χ0v) is 14.3. The third-order valence-corrected chi connectivity index (χ3v) is 4.82. The van der Waals surface area contributed by atoms with Crippen molar-refractivity contribution < 1.29 is 9.90 Å². The highest BCUT2D eigenvalue weighted by Gasteiger charge is 2.15. The highest BCUT2D eigenvalue weighted by Crippen LogP contribution is 2.37. The standard InChI is InChI=1S/C19H14N4O2S/c20-17(24)13-6-2-4-8-15(13)22-19-23-18(25)16(26-19)9-11-10-21-14-7-3-1-5-12(11)14/h1-10,25H,(H2,20,24)(H,22,23)/b11-9+. The maximum absolute atomic E-state index is 11.5. The molecule has 3 aromatic rings. The number of allylic oxidation sites excluding steroid dienone is 1. The quantitative estimate of drug-likeness (QED) is 0.654. The fraction of sp³-hybridized carbons (Fsp3) is 0. The Labute approximate surface area is 153 Å². The Morgan fingerprint density at radius 3 is 2.77 bits per heavy atom. The van der Waals surface area contributed by atoms with Gasteiger partial charge in [-0.2, -0.15) is 4.98 Å². The number of hydrogen-bond donors (Lipinski definition) is 3. The third-order valence-electron chi connectivity index (χ3n) is 3.91. The largest absolute Gasteiger partial charge is 0.492 e. The minimum absolute atomic E-state index is 0.0839. The number of rotatable bonds is 4. The molecule has 0 unspecified atom stereocenters. The number of carbonyl (C=O) groups is 1. The van der Waals surface area contributed by atoms with Crippen LogP contribution in [0.1, 0.15) is 20.8 Å². The monoisotopic (exact) mass is 362 g/mol. The molecule has 1 aromatic heterocycles. The number of hydrogen-bond acceptors (Lipinski definition) is 6. The summed E-state index contributed by atoms with van der Waals surface area (Å²) in [7, 11) is 0. The van der Waals surface area contributed by atoms with E-state index in [-0.39, 0.29) is 5.88 Å². The summed E-state index contributed by atoms with van der Waals surface area (Å²) in [5.41, 5.74) is 9.10. The van der Waals surface area contributed by atoms with Crippen LogP contribution in [0.2, 0.25) is 0 Å². The van der Waals surface area contributed by atoms with Gasteiger partial charge in [0.1, 0.15) is 0 Å². The van der Waals surface area contributed by atoms with Gasteiger partial charge in [-0.25, -0.2) is 0 Å². The zero-order chi connectivity index (χ0) is 18.1. The second-order valence-electron chi connectivity index (χ2n) is 5.62. The van der Waals surface area contributed by atoms with Crippen LogP contribution in [0.4, 0.5) is 16.5 Å². The minimum atomic E-state index is -0.532. The van der Waals surface area contributed by atoms with Gasteiger partial charge >= 0.3 is 0 Å². The number of primary amides is 1. The first kappa shape index (κ1) is 16.0. The van der Waals surface area contributed by atoms with E-state index in [0.29, 0.717) is 21.3 Å². The molecule has 6 nitrogen and oxygen atoms in total. The molecule has 1 aliphatic heterocycles. The minimum Gasteiger partial charge on any atom is -0.492 e. The molecule has 1 amide bonds. The number of aliphatic imine (C=N–C) groups is 1. The Kier molecular flexibility index (Phi) is 3.98. The van der Waals surface area contributed by atoms with Gasteiger partial charge in [0.25, 0.3) is 5.91 Å². The van der Waals surface area contributed by atoms with Crippen molar-refractivity contribution in [2.45, 2.75) is 0 Å². The van der Waals surface area contributed by atoms with Gasteiger partial charge in [0.05, 0.1) is 21.8 Å². The van der Waals surface area contributed by atoms with Crippen molar-refractivity contribution in [3.63, 3.8) is 0 Å². The van der Waals surface area contributed by atoms with Crippen LogP contribution in [0.3, 0.4) is 0 Å². The number of para-hydroxylation sites is 2. The predicted octanol–water partition coefficient (Wildman–Crippen LogP) is 3.95. The van der Waals surface area contributed by atoms with Crippen molar-refractivity contribution in [3.8, 4) is 5.88 Å². The summed E-state index contributed by atoms with van der Waals surface area (Å²) in [5, 5.41) is 13.7. The molecule has 4 N–H and O–H groups in total. The summed E-state index contributed by atoms with van der Waals surface area (Å²) in [6.07, 6.45) is 3.60. The molecule has 128 valence electrons. The van der Waals surface area contributed by atoms with Crippen LogP contribution in [0.25, 0.3) is 11.6 Å². The number of thiazole rings is 1. The lowest BCUT2D eigenvalue weighted by Gasteiger charge is -2.06. The second-order valence-corrected chi connectivity index (χ2v) is 6.65. The number of amides is 1. The SMILES string of the molecule is NC(=O)c1ccccc1Nc1nc(O)c(/C=C2\C=Nc3ccccc32)s1. The lowest BCUT2D eigenvalue weighted by Crippen LogP contribution is -2.12. The van der Waals surface area contributed by atoms with Crippen molar-refractivity contribution in [1.82, 2.24) is 4.98 Å². The van der Waals surface area contributed by atoms with Gasteiger partial charge in [-0.3, -0.25) is 9.79 Å². The molecular formula is C19H14N4O2S. The fourth-order valence-electron chi connectivity index (χ4n) is 2.69. The molecule has 0 bridgehead atoms. The van der Waals surface area contributed by atoms with E-state index >= 15 is 0 Å². The molecule has 0 radical (unpaired) electrons. The molecule has 0 saturated carbocycles. The van der Waals surface area contributed by atoms with Gasteiger partial charge in [0.2, 0.25) is 5.88 Å². The molecule has 2 aromatic carbocycles. The van der Waals surface area contributed by atoms with Gasteiger partial charge in [0.15, 0.2) is 5.13 Å². The van der Waals surface area contributed by atoms with Crippen LogP contribution in [0, 0.1) is 0 Å². The summed E-state index contributed by atoms with van der Waals surface area (Å²) in [5.74, 6) is -0.616. The number of benzene rings is 2. The van der Waals surface area contributed by atoms with Crippen molar-refractivity contribution in [2.75, 3.05) is 5.32 Å². The number of aromatic hydroxyl groups is 1. The number of fused-ring (bicyclic) bond motifs is 1. The first-order chi connectivity index (χ1) is 12.6. The number of nitrogens with one attached hydrogen (secondary N) is 1. The van der Waals surface area contributed by atoms with Crippen LogP contribution in [0.5, 0.6) is 5.88 Å². The predicted molar refractivity (Wildman–Crippen MR) is 104 cm³/mol. The van der Waals surface area contributed by atoms with E-state index in [4.69, 9.17) is 5.73 Å². The number of carbonyl (C=O) groups excluding carboxylic acids is 1. The molecule has 2 heterocycles. The number of nitrogens with zero attached hydrogens (tertiary/aromatic N) is 2. The van der Waals surface area contributed by atoms with Crippen LogP contribution < -0.4 is 11.1 Å². The smallest absolute Gasteiger partial charge is 0.250 e. The van der Waals surface area contributed by atoms with Crippen LogP contribution in [-0.4, -0.2) is 22.2 Å². The molecule has 0 spiro atoms. The van der Waals surface area contributed by atoms with E-state index in [2.05, 4.69) is 15.3 Å². The summed E-state index contributed by atoms with van der Waals surface area (Å²) >= 11 is 1.27. The molecule has 0 atom stereocenters. The summed E-state index contributed by atoms with van der Waals surface area (Å²) in [4.78, 5) is 20.6. The molecule has 1 aliphatic rings. The first-order valence-corrected chi connectivity index (χ1v) is 8.64. The molecule has 0 aliphatic carbocycles. The Balaban J connectivity index is 1.65. The summed E-state index contributed by atoms with van der Waals surface area (Å²) in [6, 6.07) is 14.7. The highest BCUT2D eigenvalue weighted by atomic mass is 32.1. The van der Waals surface area contributed by atoms with Gasteiger partial charge < -0.3 is 16.2 Å². The van der Waals surface area contributed by atoms with E-state index < -0.39 is 5.91 Å². The van der Waals surface area contributed by atoms with E-state index in [9.17, 15) is 9.90 Å². The van der Waals surface area contributed by atoms with E-state index in [0.717, 1.165) is 16.8 Å². The first-order valence-electron chi connectivity index (χ1n) is 7.82. The second kappa shape index (κ2) is 6.45. The van der Waals surface area contributed by atoms with Crippen LogP contribution in [-0.2, 0) is 0 Å². The lowest BCUT2D eigenvalue weighted by atomic mass is 10.1. The number of aromatic nitrogens is 1. The van der Waals surface area contributed by atoms with Crippen molar-refractivity contribution >= 4 is 51.6 Å². The van der Waals surface area contributed by atoms with E-state index in [1.165, 1.54) is 11.3 Å². The van der Waals surface area contributed by atoms with Gasteiger partial charge in [-0.15, -0.1) is 0 Å². The summed E-state index contributed by atoms with van der Waals surface area (Å²) < 4.78 is 0. The van der Waals surface area contributed by atoms with Crippen LogP contribution >= 0.6 is 11.3 Å². The molecule has 26 heavy (non-hydrogen) atoms. The van der Waals surface area contributed by atoms with Gasteiger partial charge in [-0.1, -0.05) is 41.7 Å². The Hall–Kier alpha value is -3.45. The van der Waals surface area contributed by atoms with Crippen molar-refractivity contribution in [2.24, 2.45) is 10.7 Å². The molecular weight excluding hydrogens is 348 g/mol. The average Bonchev–Trinajstić information content (AvgIpc) is 3.19. The van der Waals surface area contributed by atoms with Gasteiger partial charge in [-0.05, 0) is 24.3 Å². The normalized spacial score (nSPS) is 13.8. The highest BCUT2D eigenvalue weighted by molar-refractivity contribution is 7.16. The third kappa shape index (κ3) is 2.96. The Morgan fingerprint density at radius 2 is 1.92 bits per heavy atom. The molecule has 7 heteroatoms. The summed E-state index contributed by atoms with van der Waals surface area (Å²) in [6.45, 7) is 0. The Bertz CT molecular complexity index is 1070. The van der Waals surface area contributed by atoms with E-state index in [1.54, 1.807) is 30.5 Å². The fourth-order valence-corrected chi connectivity index (χ4v) is 3.51. The van der Waals surface area contributed by atoms with E-state index in [1.807, 2.05) is 30.3 Å². The van der Waals surface area contributed by atoms with Gasteiger partial charge in [0, 0.05) is 17.4 Å². The Morgan fingerprint density at radius 1 is 1.15 bits per heavy atom. The zero-order valence-electron chi connectivity index (χ0n) is 13.5. The lowest BCUT2D eigenvalue weighted by molar-refractivity contribution is 0.100. The number of nitrogens with two attached hydrogens (primary N) is 1. The van der Waals surface area contributed by atoms with Crippen LogP contribution in [0.15, 0.2) is 53.5 Å². The molecule has 0 saturated heterocycles. The topological polar surface area (TPSA) is 101 Å². The number of anilines is 2. The maximum Gasteiger partial charge on any atom is 0.250 e. The van der Waals surface area contributed by atoms with Crippen molar-refractivity contribution in [3.05, 3.63) is 64.5 Å².